The zero-order valence-corrected chi connectivity index (χ0v) is 15.2. The second kappa shape index (κ2) is 8.24. The van der Waals surface area contributed by atoms with Crippen LogP contribution in [0.3, 0.4) is 0 Å². The van der Waals surface area contributed by atoms with E-state index in [1.807, 2.05) is 31.2 Å². The highest BCUT2D eigenvalue weighted by Crippen LogP contribution is 2.24. The van der Waals surface area contributed by atoms with Crippen LogP contribution in [-0.2, 0) is 0 Å². The Morgan fingerprint density at radius 2 is 1.89 bits per heavy atom. The number of rotatable bonds is 5. The van der Waals surface area contributed by atoms with Crippen molar-refractivity contribution in [3.63, 3.8) is 0 Å². The first-order chi connectivity index (χ1) is 13.0. The summed E-state index contributed by atoms with van der Waals surface area (Å²) in [6.45, 7) is 1.98. The first-order valence-corrected chi connectivity index (χ1v) is 8.44. The largest absolute Gasteiger partial charge is 0.455 e. The van der Waals surface area contributed by atoms with Gasteiger partial charge in [0.2, 0.25) is 0 Å². The molecule has 0 unspecified atom stereocenters. The highest BCUT2D eigenvalue weighted by Gasteiger charge is 2.08. The number of thiocarbonyl (C=S) groups is 1. The highest BCUT2D eigenvalue weighted by molar-refractivity contribution is 7.80. The van der Waals surface area contributed by atoms with Gasteiger partial charge < -0.3 is 9.73 Å². The minimum atomic E-state index is -0.441. The van der Waals surface area contributed by atoms with Crippen molar-refractivity contribution in [2.45, 2.75) is 6.92 Å². The van der Waals surface area contributed by atoms with E-state index in [9.17, 15) is 10.1 Å². The van der Waals surface area contributed by atoms with Gasteiger partial charge in [-0.25, -0.2) is 0 Å². The van der Waals surface area contributed by atoms with E-state index in [4.69, 9.17) is 16.6 Å². The van der Waals surface area contributed by atoms with Crippen molar-refractivity contribution in [1.82, 2.24) is 5.43 Å². The minimum absolute atomic E-state index is 0.0333. The number of non-ortho nitro benzene ring substituents is 1. The van der Waals surface area contributed by atoms with E-state index in [2.05, 4.69) is 15.8 Å². The molecule has 0 radical (unpaired) electrons. The summed E-state index contributed by atoms with van der Waals surface area (Å²) >= 11 is 5.20. The van der Waals surface area contributed by atoms with Crippen LogP contribution in [0.1, 0.15) is 11.3 Å². The average molecular weight is 380 g/mol. The number of aryl methyl sites for hydroxylation is 1. The van der Waals surface area contributed by atoms with E-state index in [0.717, 1.165) is 16.8 Å². The molecule has 2 N–H and O–H groups in total. The molecule has 0 fully saturated rings. The maximum Gasteiger partial charge on any atom is 0.269 e. The lowest BCUT2D eigenvalue weighted by Crippen LogP contribution is -2.24. The summed E-state index contributed by atoms with van der Waals surface area (Å²) in [5.41, 5.74) is 5.48. The van der Waals surface area contributed by atoms with Crippen molar-refractivity contribution in [2.75, 3.05) is 5.32 Å². The van der Waals surface area contributed by atoms with Crippen molar-refractivity contribution in [3.05, 3.63) is 82.1 Å². The first kappa shape index (κ1) is 18.3. The Hall–Kier alpha value is -3.52. The minimum Gasteiger partial charge on any atom is -0.455 e. The summed E-state index contributed by atoms with van der Waals surface area (Å²) in [5, 5.41) is 18.2. The summed E-state index contributed by atoms with van der Waals surface area (Å²) in [7, 11) is 0. The SMILES string of the molecule is Cc1ccccc1NC(=S)N/N=C\c1ccc(-c2ccc([N+](=O)[O-])cc2)o1. The van der Waals surface area contributed by atoms with Crippen LogP contribution in [0.4, 0.5) is 11.4 Å². The van der Waals surface area contributed by atoms with Gasteiger partial charge in [0, 0.05) is 23.4 Å². The molecule has 0 saturated heterocycles. The molecule has 0 spiro atoms. The Morgan fingerprint density at radius 3 is 2.59 bits per heavy atom. The summed E-state index contributed by atoms with van der Waals surface area (Å²) in [6, 6.07) is 17.4. The van der Waals surface area contributed by atoms with Crippen LogP contribution in [0, 0.1) is 17.0 Å². The van der Waals surface area contributed by atoms with Crippen LogP contribution >= 0.6 is 12.2 Å². The van der Waals surface area contributed by atoms with Crippen LogP contribution in [0.15, 0.2) is 70.2 Å². The Bertz CT molecular complexity index is 996. The molecule has 7 nitrogen and oxygen atoms in total. The van der Waals surface area contributed by atoms with Gasteiger partial charge in [0.05, 0.1) is 11.1 Å². The molecular formula is C19H16N4O3S. The van der Waals surface area contributed by atoms with E-state index in [-0.39, 0.29) is 5.69 Å². The molecule has 0 aliphatic carbocycles. The van der Waals surface area contributed by atoms with Crippen molar-refractivity contribution in [2.24, 2.45) is 5.10 Å². The zero-order chi connectivity index (χ0) is 19.2. The maximum absolute atomic E-state index is 10.7. The Kier molecular flexibility index (Phi) is 5.58. The van der Waals surface area contributed by atoms with E-state index in [0.29, 0.717) is 16.6 Å². The van der Waals surface area contributed by atoms with Crippen LogP contribution in [0.25, 0.3) is 11.3 Å². The lowest BCUT2D eigenvalue weighted by atomic mass is 10.1. The highest BCUT2D eigenvalue weighted by atomic mass is 32.1. The quantitative estimate of drug-likeness (QED) is 0.293. The Morgan fingerprint density at radius 1 is 1.15 bits per heavy atom. The van der Waals surface area contributed by atoms with Gasteiger partial charge in [-0.1, -0.05) is 18.2 Å². The lowest BCUT2D eigenvalue weighted by Gasteiger charge is -2.08. The first-order valence-electron chi connectivity index (χ1n) is 8.03. The molecule has 8 heteroatoms. The van der Waals surface area contributed by atoms with Crippen molar-refractivity contribution < 1.29 is 9.34 Å². The number of nitrogens with one attached hydrogen (secondary N) is 2. The Balaban J connectivity index is 1.59. The second-order valence-electron chi connectivity index (χ2n) is 5.65. The molecule has 2 aromatic carbocycles. The molecule has 0 amide bonds. The van der Waals surface area contributed by atoms with Gasteiger partial charge >= 0.3 is 0 Å². The molecule has 3 rings (SSSR count). The van der Waals surface area contributed by atoms with Gasteiger partial charge in [0.25, 0.3) is 5.69 Å². The van der Waals surface area contributed by atoms with Crippen molar-refractivity contribution in [3.8, 4) is 11.3 Å². The lowest BCUT2D eigenvalue weighted by molar-refractivity contribution is -0.384. The average Bonchev–Trinajstić information content (AvgIpc) is 3.12. The normalized spacial score (nSPS) is 10.7. The summed E-state index contributed by atoms with van der Waals surface area (Å²) < 4.78 is 5.67. The number of nitrogens with zero attached hydrogens (tertiary/aromatic N) is 2. The number of furan rings is 1. The van der Waals surface area contributed by atoms with E-state index in [1.165, 1.54) is 18.3 Å². The van der Waals surface area contributed by atoms with Crippen molar-refractivity contribution in [1.29, 1.82) is 0 Å². The van der Waals surface area contributed by atoms with Gasteiger partial charge in [-0.15, -0.1) is 0 Å². The molecule has 1 heterocycles. The standard InChI is InChI=1S/C19H16N4O3S/c1-13-4-2-3-5-17(13)21-19(27)22-20-12-16-10-11-18(26-16)14-6-8-15(9-7-14)23(24)25/h2-12H,1H3,(H2,21,22,27)/b20-12-. The fraction of sp³-hybridized carbons (Fsp3) is 0.0526. The smallest absolute Gasteiger partial charge is 0.269 e. The number of hydrogen-bond acceptors (Lipinski definition) is 5. The van der Waals surface area contributed by atoms with E-state index >= 15 is 0 Å². The molecule has 0 aliphatic rings. The van der Waals surface area contributed by atoms with Crippen LogP contribution in [-0.4, -0.2) is 16.3 Å². The molecule has 136 valence electrons. The van der Waals surface area contributed by atoms with E-state index in [1.54, 1.807) is 24.3 Å². The number of hydrogen-bond donors (Lipinski definition) is 2. The van der Waals surface area contributed by atoms with Gasteiger partial charge in [-0.2, -0.15) is 5.10 Å². The van der Waals surface area contributed by atoms with Gasteiger partial charge in [-0.05, 0) is 55.0 Å². The van der Waals surface area contributed by atoms with E-state index < -0.39 is 4.92 Å². The number of para-hydroxylation sites is 1. The second-order valence-corrected chi connectivity index (χ2v) is 6.05. The monoisotopic (exact) mass is 380 g/mol. The molecule has 0 saturated carbocycles. The van der Waals surface area contributed by atoms with Crippen LogP contribution in [0.2, 0.25) is 0 Å². The third kappa shape index (κ3) is 4.77. The fourth-order valence-corrected chi connectivity index (χ4v) is 2.51. The molecule has 0 bridgehead atoms. The number of benzene rings is 2. The molecule has 3 aromatic rings. The van der Waals surface area contributed by atoms with Gasteiger partial charge in [0.1, 0.15) is 11.5 Å². The molecule has 0 aliphatic heterocycles. The third-order valence-electron chi connectivity index (χ3n) is 3.74. The number of nitro benzene ring substituents is 1. The van der Waals surface area contributed by atoms with Crippen molar-refractivity contribution >= 4 is 34.9 Å². The summed E-state index contributed by atoms with van der Waals surface area (Å²) in [6.07, 6.45) is 1.50. The topological polar surface area (TPSA) is 92.7 Å². The predicted molar refractivity (Wildman–Crippen MR) is 109 cm³/mol. The summed E-state index contributed by atoms with van der Waals surface area (Å²) in [4.78, 5) is 10.3. The zero-order valence-electron chi connectivity index (χ0n) is 14.4. The molecular weight excluding hydrogens is 364 g/mol. The number of anilines is 1. The van der Waals surface area contributed by atoms with Crippen LogP contribution < -0.4 is 10.7 Å². The Labute approximate surface area is 160 Å². The summed E-state index contributed by atoms with van der Waals surface area (Å²) in [5.74, 6) is 1.11. The molecule has 27 heavy (non-hydrogen) atoms. The van der Waals surface area contributed by atoms with Gasteiger partial charge in [0.15, 0.2) is 5.11 Å². The van der Waals surface area contributed by atoms with Gasteiger partial charge in [-0.3, -0.25) is 15.5 Å². The fourth-order valence-electron chi connectivity index (χ4n) is 2.34. The third-order valence-corrected chi connectivity index (χ3v) is 3.93. The predicted octanol–water partition coefficient (Wildman–Crippen LogP) is 4.48. The maximum atomic E-state index is 10.7. The number of hydrazone groups is 1. The number of nitro groups is 1. The van der Waals surface area contributed by atoms with Crippen LogP contribution in [0.5, 0.6) is 0 Å². The molecule has 0 atom stereocenters. The molecule has 1 aromatic heterocycles.